The highest BCUT2D eigenvalue weighted by atomic mass is 35.5. The van der Waals surface area contributed by atoms with E-state index < -0.39 is 21.7 Å². The Morgan fingerprint density at radius 3 is 2.75 bits per heavy atom. The van der Waals surface area contributed by atoms with Crippen LogP contribution in [0.3, 0.4) is 0 Å². The summed E-state index contributed by atoms with van der Waals surface area (Å²) in [5.74, 6) is -0.829. The van der Waals surface area contributed by atoms with E-state index in [1.807, 2.05) is 0 Å². The number of hydrogen-bond donors (Lipinski definition) is 2. The van der Waals surface area contributed by atoms with Crippen molar-refractivity contribution >= 4 is 27.5 Å². The van der Waals surface area contributed by atoms with Crippen molar-refractivity contribution in [2.45, 2.75) is 16.3 Å². The lowest BCUT2D eigenvalue weighted by molar-refractivity contribution is 0.194. The Bertz CT molecular complexity index is 1120. The van der Waals surface area contributed by atoms with Crippen LogP contribution in [0.15, 0.2) is 58.7 Å². The number of halogens is 2. The molecule has 2 heterocycles. The molecule has 11 heteroatoms. The number of hydrogen-bond acceptors (Lipinski definition) is 5. The molecular formula is C17H14ClFN4O4S. The number of carbonyl (C=O) groups is 1. The van der Waals surface area contributed by atoms with Gasteiger partial charge < -0.3 is 10.4 Å². The van der Waals surface area contributed by atoms with Gasteiger partial charge in [-0.3, -0.25) is 4.98 Å². The molecule has 1 aromatic carbocycles. The molecule has 0 saturated heterocycles. The summed E-state index contributed by atoms with van der Waals surface area (Å²) in [5, 5.41) is 14.5. The number of rotatable bonds is 6. The van der Waals surface area contributed by atoms with Crippen LogP contribution in [0.25, 0.3) is 5.69 Å². The molecule has 0 aliphatic heterocycles. The van der Waals surface area contributed by atoms with Crippen LogP contribution in [0.4, 0.5) is 9.18 Å². The van der Waals surface area contributed by atoms with Crippen molar-refractivity contribution in [3.63, 3.8) is 0 Å². The van der Waals surface area contributed by atoms with Crippen LogP contribution in [0.5, 0.6) is 0 Å². The van der Waals surface area contributed by atoms with Gasteiger partial charge >= 0.3 is 6.09 Å². The first kappa shape index (κ1) is 19.8. The highest BCUT2D eigenvalue weighted by Crippen LogP contribution is 2.27. The van der Waals surface area contributed by atoms with Gasteiger partial charge in [0.05, 0.1) is 15.6 Å². The molecule has 2 N–H and O–H groups in total. The van der Waals surface area contributed by atoms with E-state index in [0.717, 1.165) is 4.68 Å². The van der Waals surface area contributed by atoms with Crippen molar-refractivity contribution in [2.24, 2.45) is 0 Å². The van der Waals surface area contributed by atoms with Gasteiger partial charge in [-0.15, -0.1) is 0 Å². The fourth-order valence-corrected chi connectivity index (χ4v) is 4.00. The lowest BCUT2D eigenvalue weighted by atomic mass is 10.3. The van der Waals surface area contributed by atoms with Crippen molar-refractivity contribution < 1.29 is 22.7 Å². The van der Waals surface area contributed by atoms with Crippen LogP contribution in [0.1, 0.15) is 5.69 Å². The third kappa shape index (κ3) is 3.97. The number of amides is 1. The number of aromatic nitrogens is 3. The quantitative estimate of drug-likeness (QED) is 0.628. The highest BCUT2D eigenvalue weighted by Gasteiger charge is 2.26. The van der Waals surface area contributed by atoms with Gasteiger partial charge in [0, 0.05) is 25.4 Å². The molecule has 0 aliphatic rings. The average Bonchev–Trinajstić information content (AvgIpc) is 3.09. The van der Waals surface area contributed by atoms with Crippen molar-refractivity contribution in [3.8, 4) is 5.69 Å². The number of pyridine rings is 1. The van der Waals surface area contributed by atoms with Crippen LogP contribution in [-0.4, -0.2) is 40.9 Å². The van der Waals surface area contributed by atoms with Crippen LogP contribution in [0, 0.1) is 5.82 Å². The van der Waals surface area contributed by atoms with E-state index in [4.69, 9.17) is 16.7 Å². The topological polar surface area (TPSA) is 114 Å². The van der Waals surface area contributed by atoms with Crippen molar-refractivity contribution in [3.05, 3.63) is 65.3 Å². The fourth-order valence-electron chi connectivity index (χ4n) is 2.48. The van der Waals surface area contributed by atoms with E-state index in [1.54, 1.807) is 0 Å². The zero-order chi connectivity index (χ0) is 20.3. The summed E-state index contributed by atoms with van der Waals surface area (Å²) >= 11 is 5.82. The highest BCUT2D eigenvalue weighted by molar-refractivity contribution is 7.91. The van der Waals surface area contributed by atoms with Gasteiger partial charge in [0.2, 0.25) is 9.84 Å². The lowest BCUT2D eigenvalue weighted by Crippen LogP contribution is -2.23. The maximum atomic E-state index is 14.5. The fraction of sp³-hybridized carbons (Fsp3) is 0.118. The maximum absolute atomic E-state index is 14.5. The summed E-state index contributed by atoms with van der Waals surface area (Å²) in [6.45, 7) is 0.0107. The molecule has 0 saturated carbocycles. The predicted molar refractivity (Wildman–Crippen MR) is 98.0 cm³/mol. The van der Waals surface area contributed by atoms with E-state index in [0.29, 0.717) is 0 Å². The van der Waals surface area contributed by atoms with Gasteiger partial charge in [0.1, 0.15) is 5.69 Å². The zero-order valence-electron chi connectivity index (χ0n) is 14.2. The summed E-state index contributed by atoms with van der Waals surface area (Å²) in [6.07, 6.45) is 1.49. The number of nitrogens with one attached hydrogen (secondary N) is 1. The van der Waals surface area contributed by atoms with E-state index in [2.05, 4.69) is 15.4 Å². The molecular weight excluding hydrogens is 411 g/mol. The molecule has 0 radical (unpaired) electrons. The Morgan fingerprint density at radius 2 is 2.07 bits per heavy atom. The first-order valence-electron chi connectivity index (χ1n) is 7.96. The minimum atomic E-state index is -4.08. The molecule has 146 valence electrons. The standard InChI is InChI=1S/C17H14ClFN4O4S/c18-13-4-1-5-14(16(13)19)23-15(9-11(22-23)6-8-21-17(24)25)28(26,27)12-3-2-7-20-10-12/h1-5,7,9-10,21H,6,8H2,(H,24,25). The second kappa shape index (κ2) is 7.95. The van der Waals surface area contributed by atoms with Gasteiger partial charge in [-0.2, -0.15) is 5.10 Å². The number of sulfone groups is 1. The van der Waals surface area contributed by atoms with Crippen LogP contribution in [-0.2, 0) is 16.3 Å². The Hall–Kier alpha value is -2.98. The number of benzene rings is 1. The SMILES string of the molecule is O=C(O)NCCc1cc(S(=O)(=O)c2cccnc2)n(-c2cccc(Cl)c2F)n1. The second-order valence-electron chi connectivity index (χ2n) is 5.63. The molecule has 0 aliphatic carbocycles. The molecule has 2 aromatic heterocycles. The van der Waals surface area contributed by atoms with Crippen LogP contribution >= 0.6 is 11.6 Å². The second-order valence-corrected chi connectivity index (χ2v) is 7.94. The average molecular weight is 425 g/mol. The van der Waals surface area contributed by atoms with Crippen LogP contribution in [0.2, 0.25) is 5.02 Å². The minimum absolute atomic E-state index is 0.0107. The molecule has 3 aromatic rings. The minimum Gasteiger partial charge on any atom is -0.465 e. The van der Waals surface area contributed by atoms with Gasteiger partial charge in [-0.1, -0.05) is 17.7 Å². The summed E-state index contributed by atoms with van der Waals surface area (Å²) in [7, 11) is -4.08. The Kier molecular flexibility index (Phi) is 5.61. The van der Waals surface area contributed by atoms with Gasteiger partial charge in [-0.05, 0) is 30.3 Å². The normalized spacial score (nSPS) is 11.4. The first-order valence-corrected chi connectivity index (χ1v) is 9.82. The molecule has 28 heavy (non-hydrogen) atoms. The van der Waals surface area contributed by atoms with Gasteiger partial charge in [0.15, 0.2) is 10.8 Å². The molecule has 0 fully saturated rings. The molecule has 3 rings (SSSR count). The van der Waals surface area contributed by atoms with E-state index in [1.165, 1.54) is 48.8 Å². The van der Waals surface area contributed by atoms with Gasteiger partial charge in [0.25, 0.3) is 0 Å². The summed E-state index contributed by atoms with van der Waals surface area (Å²) in [6, 6.07) is 8.23. The molecule has 0 atom stereocenters. The van der Waals surface area contributed by atoms with E-state index in [9.17, 15) is 17.6 Å². The number of carboxylic acid groups (broad SMARTS) is 1. The third-order valence-electron chi connectivity index (χ3n) is 3.76. The first-order chi connectivity index (χ1) is 13.3. The summed E-state index contributed by atoms with van der Waals surface area (Å²) in [5.41, 5.74) is 0.114. The van der Waals surface area contributed by atoms with Crippen molar-refractivity contribution in [2.75, 3.05) is 6.54 Å². The predicted octanol–water partition coefficient (Wildman–Crippen LogP) is 2.70. The van der Waals surface area contributed by atoms with Crippen molar-refractivity contribution in [1.29, 1.82) is 0 Å². The smallest absolute Gasteiger partial charge is 0.404 e. The Labute approximate surface area is 164 Å². The van der Waals surface area contributed by atoms with Gasteiger partial charge in [-0.25, -0.2) is 22.3 Å². The van der Waals surface area contributed by atoms with E-state index >= 15 is 0 Å². The Balaban J connectivity index is 2.13. The third-order valence-corrected chi connectivity index (χ3v) is 5.76. The molecule has 0 spiro atoms. The molecule has 8 nitrogen and oxygen atoms in total. The summed E-state index contributed by atoms with van der Waals surface area (Å²) < 4.78 is 41.6. The molecule has 1 amide bonds. The van der Waals surface area contributed by atoms with E-state index in [-0.39, 0.29) is 39.3 Å². The largest absolute Gasteiger partial charge is 0.465 e. The Morgan fingerprint density at radius 1 is 1.29 bits per heavy atom. The molecule has 0 unspecified atom stereocenters. The zero-order valence-corrected chi connectivity index (χ0v) is 15.8. The summed E-state index contributed by atoms with van der Waals surface area (Å²) in [4.78, 5) is 14.3. The number of nitrogens with zero attached hydrogens (tertiary/aromatic N) is 3. The molecule has 0 bridgehead atoms. The maximum Gasteiger partial charge on any atom is 0.404 e. The van der Waals surface area contributed by atoms with Crippen LogP contribution < -0.4 is 5.32 Å². The monoisotopic (exact) mass is 424 g/mol. The van der Waals surface area contributed by atoms with Crippen molar-refractivity contribution in [1.82, 2.24) is 20.1 Å². The lowest BCUT2D eigenvalue weighted by Gasteiger charge is -2.10.